The smallest absolute Gasteiger partial charge is 0.251 e. The molecule has 0 atom stereocenters. The van der Waals surface area contributed by atoms with E-state index in [0.717, 1.165) is 30.0 Å². The van der Waals surface area contributed by atoms with Gasteiger partial charge in [0.15, 0.2) is 0 Å². The number of hydrogen-bond donors (Lipinski definition) is 1. The first kappa shape index (κ1) is 15.8. The Morgan fingerprint density at radius 3 is 2.80 bits per heavy atom. The van der Waals surface area contributed by atoms with Crippen LogP contribution >= 0.6 is 27.5 Å². The number of piperidine rings is 1. The molecule has 1 amide bonds. The Labute approximate surface area is 133 Å². The predicted octanol–water partition coefficient (Wildman–Crippen LogP) is 3.56. The fourth-order valence-electron chi connectivity index (χ4n) is 2.35. The van der Waals surface area contributed by atoms with Crippen LogP contribution in [-0.4, -0.2) is 37.0 Å². The van der Waals surface area contributed by atoms with Crippen molar-refractivity contribution in [2.24, 2.45) is 5.92 Å². The van der Waals surface area contributed by atoms with E-state index in [1.54, 1.807) is 18.2 Å². The molecule has 0 aliphatic carbocycles. The van der Waals surface area contributed by atoms with E-state index in [-0.39, 0.29) is 5.91 Å². The molecular formula is C15H20BrClN2O. The number of nitrogens with one attached hydrogen (secondary N) is 1. The summed E-state index contributed by atoms with van der Waals surface area (Å²) in [6.07, 6.45) is 2.52. The fourth-order valence-corrected chi connectivity index (χ4v) is 2.78. The van der Waals surface area contributed by atoms with Gasteiger partial charge in [-0.2, -0.15) is 0 Å². The Hall–Kier alpha value is -0.580. The van der Waals surface area contributed by atoms with Crippen LogP contribution < -0.4 is 5.32 Å². The van der Waals surface area contributed by atoms with Gasteiger partial charge < -0.3 is 10.2 Å². The van der Waals surface area contributed by atoms with Gasteiger partial charge in [0.25, 0.3) is 5.91 Å². The molecule has 1 saturated heterocycles. The second kappa shape index (κ2) is 7.43. The largest absolute Gasteiger partial charge is 0.351 e. The van der Waals surface area contributed by atoms with Gasteiger partial charge in [-0.25, -0.2) is 0 Å². The molecule has 1 aliphatic rings. The van der Waals surface area contributed by atoms with E-state index < -0.39 is 0 Å². The lowest BCUT2D eigenvalue weighted by Gasteiger charge is -2.30. The van der Waals surface area contributed by atoms with Crippen LogP contribution in [0.1, 0.15) is 30.1 Å². The van der Waals surface area contributed by atoms with Crippen molar-refractivity contribution in [3.05, 3.63) is 33.3 Å². The van der Waals surface area contributed by atoms with Crippen molar-refractivity contribution in [1.29, 1.82) is 0 Å². The molecule has 1 aromatic carbocycles. The summed E-state index contributed by atoms with van der Waals surface area (Å²) >= 11 is 9.31. The molecular weight excluding hydrogens is 340 g/mol. The summed E-state index contributed by atoms with van der Waals surface area (Å²) in [6, 6.07) is 5.25. The van der Waals surface area contributed by atoms with Gasteiger partial charge >= 0.3 is 0 Å². The zero-order valence-corrected chi connectivity index (χ0v) is 14.0. The number of nitrogens with zero attached hydrogens (tertiary/aromatic N) is 1. The third-order valence-electron chi connectivity index (χ3n) is 3.77. The average Bonchev–Trinajstić information content (AvgIpc) is 2.44. The number of rotatable bonds is 4. The van der Waals surface area contributed by atoms with Gasteiger partial charge in [0.1, 0.15) is 0 Å². The fraction of sp³-hybridized carbons (Fsp3) is 0.533. The van der Waals surface area contributed by atoms with Gasteiger partial charge in [-0.15, -0.1) is 0 Å². The molecule has 0 aromatic heterocycles. The average molecular weight is 360 g/mol. The highest BCUT2D eigenvalue weighted by molar-refractivity contribution is 9.10. The molecule has 2 rings (SSSR count). The van der Waals surface area contributed by atoms with Gasteiger partial charge in [0, 0.05) is 23.1 Å². The summed E-state index contributed by atoms with van der Waals surface area (Å²) in [5, 5.41) is 3.51. The summed E-state index contributed by atoms with van der Waals surface area (Å²) in [4.78, 5) is 14.4. The highest BCUT2D eigenvalue weighted by Crippen LogP contribution is 2.23. The molecule has 110 valence electrons. The number of amides is 1. The van der Waals surface area contributed by atoms with Crippen LogP contribution in [-0.2, 0) is 0 Å². The van der Waals surface area contributed by atoms with Crippen LogP contribution in [0.25, 0.3) is 0 Å². The van der Waals surface area contributed by atoms with Crippen LogP contribution in [0.3, 0.4) is 0 Å². The van der Waals surface area contributed by atoms with E-state index >= 15 is 0 Å². The number of benzene rings is 1. The zero-order chi connectivity index (χ0) is 14.5. The Kier molecular flexibility index (Phi) is 5.87. The minimum absolute atomic E-state index is 0.0650. The second-order valence-electron chi connectivity index (χ2n) is 5.41. The van der Waals surface area contributed by atoms with Gasteiger partial charge in [-0.3, -0.25) is 4.79 Å². The lowest BCUT2D eigenvalue weighted by atomic mass is 9.99. The maximum absolute atomic E-state index is 12.0. The monoisotopic (exact) mass is 358 g/mol. The summed E-state index contributed by atoms with van der Waals surface area (Å²) in [5.41, 5.74) is 0.602. The highest BCUT2D eigenvalue weighted by atomic mass is 79.9. The molecule has 1 heterocycles. The first-order valence-electron chi connectivity index (χ1n) is 7.02. The first-order valence-corrected chi connectivity index (χ1v) is 8.19. The topological polar surface area (TPSA) is 32.3 Å². The second-order valence-corrected chi connectivity index (χ2v) is 6.67. The van der Waals surface area contributed by atoms with Gasteiger partial charge in [-0.1, -0.05) is 18.5 Å². The minimum Gasteiger partial charge on any atom is -0.351 e. The van der Waals surface area contributed by atoms with E-state index in [4.69, 9.17) is 11.6 Å². The molecule has 0 radical (unpaired) electrons. The lowest BCUT2D eigenvalue weighted by molar-refractivity contribution is 0.0944. The van der Waals surface area contributed by atoms with Crippen molar-refractivity contribution in [2.45, 2.75) is 19.8 Å². The van der Waals surface area contributed by atoms with Crippen molar-refractivity contribution in [2.75, 3.05) is 26.2 Å². The lowest BCUT2D eigenvalue weighted by Crippen LogP contribution is -2.39. The molecule has 0 saturated carbocycles. The van der Waals surface area contributed by atoms with Crippen LogP contribution in [0.5, 0.6) is 0 Å². The number of carbonyl (C=O) groups excluding carboxylic acids is 1. The molecule has 0 unspecified atom stereocenters. The van der Waals surface area contributed by atoms with Gasteiger partial charge in [0.05, 0.1) is 5.02 Å². The van der Waals surface area contributed by atoms with Crippen LogP contribution in [0.4, 0.5) is 0 Å². The Bertz CT molecular complexity index is 473. The van der Waals surface area contributed by atoms with Crippen molar-refractivity contribution in [3.63, 3.8) is 0 Å². The quantitative estimate of drug-likeness (QED) is 0.891. The summed E-state index contributed by atoms with van der Waals surface area (Å²) in [5.74, 6) is 0.774. The Morgan fingerprint density at radius 2 is 2.15 bits per heavy atom. The van der Waals surface area contributed by atoms with Crippen molar-refractivity contribution in [3.8, 4) is 0 Å². The first-order chi connectivity index (χ1) is 9.56. The van der Waals surface area contributed by atoms with E-state index in [1.807, 2.05) is 0 Å². The Balaban J connectivity index is 1.76. The molecule has 0 spiro atoms. The molecule has 3 nitrogen and oxygen atoms in total. The normalized spacial score (nSPS) is 17.1. The number of likely N-dealkylation sites (tertiary alicyclic amines) is 1. The summed E-state index contributed by atoms with van der Waals surface area (Å²) in [6.45, 7) is 6.18. The zero-order valence-electron chi connectivity index (χ0n) is 11.7. The van der Waals surface area contributed by atoms with Crippen molar-refractivity contribution < 1.29 is 4.79 Å². The van der Waals surface area contributed by atoms with Crippen molar-refractivity contribution >= 4 is 33.4 Å². The molecule has 0 bridgehead atoms. The standard InChI is InChI=1S/C15H20BrClN2O/c1-11-4-7-19(8-5-11)9-6-18-15(20)12-2-3-13(16)14(17)10-12/h2-3,10-11H,4-9H2,1H3,(H,18,20). The maximum Gasteiger partial charge on any atom is 0.251 e. The highest BCUT2D eigenvalue weighted by Gasteiger charge is 2.15. The molecule has 1 aromatic rings. The maximum atomic E-state index is 12.0. The van der Waals surface area contributed by atoms with Crippen LogP contribution in [0.2, 0.25) is 5.02 Å². The minimum atomic E-state index is -0.0650. The third kappa shape index (κ3) is 4.47. The van der Waals surface area contributed by atoms with E-state index in [9.17, 15) is 4.79 Å². The van der Waals surface area contributed by atoms with E-state index in [2.05, 4.69) is 33.1 Å². The molecule has 1 aliphatic heterocycles. The number of hydrogen-bond acceptors (Lipinski definition) is 2. The molecule has 20 heavy (non-hydrogen) atoms. The van der Waals surface area contributed by atoms with Crippen molar-refractivity contribution in [1.82, 2.24) is 10.2 Å². The van der Waals surface area contributed by atoms with Gasteiger partial charge in [0.2, 0.25) is 0 Å². The van der Waals surface area contributed by atoms with Gasteiger partial charge in [-0.05, 0) is 66.0 Å². The summed E-state index contributed by atoms with van der Waals surface area (Å²) in [7, 11) is 0. The van der Waals surface area contributed by atoms with Crippen LogP contribution in [0, 0.1) is 5.92 Å². The van der Waals surface area contributed by atoms with Crippen LogP contribution in [0.15, 0.2) is 22.7 Å². The molecule has 1 fully saturated rings. The third-order valence-corrected chi connectivity index (χ3v) is 5.00. The number of halogens is 2. The summed E-state index contributed by atoms with van der Waals surface area (Å²) < 4.78 is 0.804. The number of carbonyl (C=O) groups is 1. The Morgan fingerprint density at radius 1 is 1.45 bits per heavy atom. The SMILES string of the molecule is CC1CCN(CCNC(=O)c2ccc(Br)c(Cl)c2)CC1. The van der Waals surface area contributed by atoms with E-state index in [0.29, 0.717) is 17.1 Å². The molecule has 1 N–H and O–H groups in total. The predicted molar refractivity (Wildman–Crippen MR) is 86.3 cm³/mol. The van der Waals surface area contributed by atoms with E-state index in [1.165, 1.54) is 12.8 Å². The molecule has 5 heteroatoms.